The van der Waals surface area contributed by atoms with E-state index in [4.69, 9.17) is 4.84 Å². The Morgan fingerprint density at radius 3 is 2.87 bits per heavy atom. The maximum absolute atomic E-state index is 5.59. The number of nitrogens with one attached hydrogen (secondary N) is 1. The molecule has 0 aromatic heterocycles. The van der Waals surface area contributed by atoms with Crippen LogP contribution in [0.3, 0.4) is 0 Å². The molecule has 1 fully saturated rings. The lowest BCUT2D eigenvalue weighted by Crippen LogP contribution is -2.31. The zero-order chi connectivity index (χ0) is 10.1. The molecule has 3 rings (SSSR count). The molecule has 1 saturated heterocycles. The topological polar surface area (TPSA) is 33.6 Å². The van der Waals surface area contributed by atoms with Crippen LogP contribution in [0, 0.1) is 0 Å². The van der Waals surface area contributed by atoms with Crippen molar-refractivity contribution in [2.45, 2.75) is 18.4 Å². The van der Waals surface area contributed by atoms with E-state index in [2.05, 4.69) is 22.6 Å². The van der Waals surface area contributed by atoms with Crippen LogP contribution in [0.15, 0.2) is 35.5 Å². The van der Waals surface area contributed by atoms with Gasteiger partial charge in [-0.1, -0.05) is 35.5 Å². The van der Waals surface area contributed by atoms with Crippen molar-refractivity contribution in [2.24, 2.45) is 5.16 Å². The molecule has 0 aliphatic carbocycles. The SMILES string of the molecule is c1ccc(C2=NOC3(CCNC3)C2)cc1. The van der Waals surface area contributed by atoms with Crippen LogP contribution in [-0.2, 0) is 4.84 Å². The fourth-order valence-electron chi connectivity index (χ4n) is 2.26. The Balaban J connectivity index is 1.81. The monoisotopic (exact) mass is 202 g/mol. The van der Waals surface area contributed by atoms with Crippen LogP contribution in [0.25, 0.3) is 0 Å². The van der Waals surface area contributed by atoms with E-state index < -0.39 is 0 Å². The minimum absolute atomic E-state index is 0.0504. The van der Waals surface area contributed by atoms with Crippen molar-refractivity contribution in [1.29, 1.82) is 0 Å². The number of nitrogens with zero attached hydrogens (tertiary/aromatic N) is 1. The van der Waals surface area contributed by atoms with Crippen molar-refractivity contribution in [3.05, 3.63) is 35.9 Å². The number of rotatable bonds is 1. The first-order valence-corrected chi connectivity index (χ1v) is 5.39. The highest BCUT2D eigenvalue weighted by molar-refractivity contribution is 6.01. The first-order chi connectivity index (χ1) is 7.38. The largest absolute Gasteiger partial charge is 0.387 e. The number of hydrogen-bond donors (Lipinski definition) is 1. The fourth-order valence-corrected chi connectivity index (χ4v) is 2.26. The van der Waals surface area contributed by atoms with Crippen molar-refractivity contribution in [3.8, 4) is 0 Å². The molecule has 2 aliphatic heterocycles. The van der Waals surface area contributed by atoms with E-state index in [1.807, 2.05) is 18.2 Å². The third-order valence-corrected chi connectivity index (χ3v) is 3.15. The Kier molecular flexibility index (Phi) is 1.99. The normalized spacial score (nSPS) is 29.2. The molecular weight excluding hydrogens is 188 g/mol. The molecule has 1 spiro atoms. The van der Waals surface area contributed by atoms with E-state index in [-0.39, 0.29) is 5.60 Å². The third kappa shape index (κ3) is 1.53. The first kappa shape index (κ1) is 8.92. The molecule has 3 heteroatoms. The number of benzene rings is 1. The average Bonchev–Trinajstić information content (AvgIpc) is 2.91. The van der Waals surface area contributed by atoms with Crippen LogP contribution in [0.1, 0.15) is 18.4 Å². The van der Waals surface area contributed by atoms with Gasteiger partial charge in [0.2, 0.25) is 0 Å². The van der Waals surface area contributed by atoms with Crippen molar-refractivity contribution >= 4 is 5.71 Å². The summed E-state index contributed by atoms with van der Waals surface area (Å²) in [6.07, 6.45) is 2.00. The average molecular weight is 202 g/mol. The van der Waals surface area contributed by atoms with Gasteiger partial charge in [-0.25, -0.2) is 0 Å². The fraction of sp³-hybridized carbons (Fsp3) is 0.417. The summed E-state index contributed by atoms with van der Waals surface area (Å²) in [6, 6.07) is 10.3. The zero-order valence-electron chi connectivity index (χ0n) is 8.57. The highest BCUT2D eigenvalue weighted by Crippen LogP contribution is 2.31. The highest BCUT2D eigenvalue weighted by atomic mass is 16.7. The molecule has 0 saturated carbocycles. The molecule has 1 aromatic carbocycles. The van der Waals surface area contributed by atoms with Crippen molar-refractivity contribution in [1.82, 2.24) is 5.32 Å². The summed E-state index contributed by atoms with van der Waals surface area (Å²) in [6.45, 7) is 1.96. The van der Waals surface area contributed by atoms with Gasteiger partial charge in [-0.2, -0.15) is 0 Å². The lowest BCUT2D eigenvalue weighted by atomic mass is 9.93. The van der Waals surface area contributed by atoms with E-state index in [1.165, 1.54) is 5.56 Å². The van der Waals surface area contributed by atoms with Crippen LogP contribution in [-0.4, -0.2) is 24.4 Å². The predicted octanol–water partition coefficient (Wildman–Crippen LogP) is 1.54. The minimum atomic E-state index is -0.0504. The van der Waals surface area contributed by atoms with Crippen LogP contribution in [0.2, 0.25) is 0 Å². The molecule has 0 amide bonds. The minimum Gasteiger partial charge on any atom is -0.387 e. The second kappa shape index (κ2) is 3.35. The van der Waals surface area contributed by atoms with Gasteiger partial charge in [0.1, 0.15) is 0 Å². The van der Waals surface area contributed by atoms with E-state index >= 15 is 0 Å². The molecule has 1 aromatic rings. The quantitative estimate of drug-likeness (QED) is 0.749. The smallest absolute Gasteiger partial charge is 0.156 e. The molecule has 0 radical (unpaired) electrons. The second-order valence-electron chi connectivity index (χ2n) is 4.28. The third-order valence-electron chi connectivity index (χ3n) is 3.15. The van der Waals surface area contributed by atoms with E-state index in [1.54, 1.807) is 0 Å². The van der Waals surface area contributed by atoms with Crippen LogP contribution >= 0.6 is 0 Å². The molecule has 1 N–H and O–H groups in total. The van der Waals surface area contributed by atoms with E-state index in [0.29, 0.717) is 0 Å². The maximum Gasteiger partial charge on any atom is 0.156 e. The van der Waals surface area contributed by atoms with Gasteiger partial charge in [-0.15, -0.1) is 0 Å². The zero-order valence-corrected chi connectivity index (χ0v) is 8.57. The summed E-state index contributed by atoms with van der Waals surface area (Å²) in [5.41, 5.74) is 2.21. The Morgan fingerprint density at radius 2 is 2.13 bits per heavy atom. The summed E-state index contributed by atoms with van der Waals surface area (Å²) in [5, 5.41) is 7.55. The second-order valence-corrected chi connectivity index (χ2v) is 4.28. The molecule has 1 atom stereocenters. The van der Waals surface area contributed by atoms with Crippen molar-refractivity contribution in [2.75, 3.05) is 13.1 Å². The van der Waals surface area contributed by atoms with Crippen LogP contribution < -0.4 is 5.32 Å². The lowest BCUT2D eigenvalue weighted by molar-refractivity contribution is -0.00190. The highest BCUT2D eigenvalue weighted by Gasteiger charge is 2.41. The van der Waals surface area contributed by atoms with Gasteiger partial charge in [-0.05, 0) is 12.1 Å². The molecule has 0 bridgehead atoms. The lowest BCUT2D eigenvalue weighted by Gasteiger charge is -2.18. The van der Waals surface area contributed by atoms with Crippen LogP contribution in [0.5, 0.6) is 0 Å². The van der Waals surface area contributed by atoms with Gasteiger partial charge >= 0.3 is 0 Å². The Labute approximate surface area is 89.1 Å². The summed E-state index contributed by atoms with van der Waals surface area (Å²) in [4.78, 5) is 5.59. The number of oxime groups is 1. The van der Waals surface area contributed by atoms with E-state index in [0.717, 1.165) is 31.6 Å². The van der Waals surface area contributed by atoms with Crippen molar-refractivity contribution in [3.63, 3.8) is 0 Å². The number of hydrogen-bond acceptors (Lipinski definition) is 3. The molecule has 2 heterocycles. The molecule has 15 heavy (non-hydrogen) atoms. The molecule has 3 nitrogen and oxygen atoms in total. The molecule has 78 valence electrons. The Bertz CT molecular complexity index is 380. The van der Waals surface area contributed by atoms with Crippen LogP contribution in [0.4, 0.5) is 0 Å². The summed E-state index contributed by atoms with van der Waals surface area (Å²) >= 11 is 0. The van der Waals surface area contributed by atoms with Gasteiger partial charge in [-0.3, -0.25) is 0 Å². The molecule has 2 aliphatic rings. The van der Waals surface area contributed by atoms with Gasteiger partial charge in [0.05, 0.1) is 5.71 Å². The first-order valence-electron chi connectivity index (χ1n) is 5.39. The van der Waals surface area contributed by atoms with Gasteiger partial charge in [0, 0.05) is 19.4 Å². The summed E-state index contributed by atoms with van der Waals surface area (Å²) < 4.78 is 0. The summed E-state index contributed by atoms with van der Waals surface area (Å²) in [7, 11) is 0. The van der Waals surface area contributed by atoms with Crippen molar-refractivity contribution < 1.29 is 4.84 Å². The van der Waals surface area contributed by atoms with Gasteiger partial charge in [0.25, 0.3) is 0 Å². The maximum atomic E-state index is 5.59. The van der Waals surface area contributed by atoms with E-state index in [9.17, 15) is 0 Å². The Morgan fingerprint density at radius 1 is 1.27 bits per heavy atom. The summed E-state index contributed by atoms with van der Waals surface area (Å²) in [5.74, 6) is 0. The predicted molar refractivity (Wildman–Crippen MR) is 58.9 cm³/mol. The van der Waals surface area contributed by atoms with Gasteiger partial charge in [0.15, 0.2) is 5.60 Å². The molecular formula is C12H14N2O. The molecule has 1 unspecified atom stereocenters. The van der Waals surface area contributed by atoms with Gasteiger partial charge < -0.3 is 10.2 Å². The standard InChI is InChI=1S/C12H14N2O/c1-2-4-10(5-3-1)11-8-12(15-14-11)6-7-13-9-12/h1-5,13H,6-9H2. The Hall–Kier alpha value is -1.35.